The molecule has 0 bridgehead atoms. The molecule has 9 heteroatoms. The van der Waals surface area contributed by atoms with Crippen LogP contribution in [0, 0.1) is 0 Å². The number of anilines is 2. The van der Waals surface area contributed by atoms with Crippen LogP contribution < -0.4 is 13.9 Å². The third kappa shape index (κ3) is 3.67. The van der Waals surface area contributed by atoms with Crippen molar-refractivity contribution < 1.29 is 27.5 Å². The van der Waals surface area contributed by atoms with Crippen LogP contribution in [-0.2, 0) is 26.0 Å². The number of esters is 1. The average Bonchev–Trinajstić information content (AvgIpc) is 3.32. The molecule has 0 saturated carbocycles. The normalized spacial score (nSPS) is 16.9. The number of fused-ring (bicyclic) bond motifs is 2. The van der Waals surface area contributed by atoms with E-state index in [0.717, 1.165) is 5.56 Å². The molecule has 1 atom stereocenters. The number of sulfonamides is 1. The van der Waals surface area contributed by atoms with Gasteiger partial charge >= 0.3 is 5.97 Å². The minimum absolute atomic E-state index is 0.00805. The monoisotopic (exact) mass is 478 g/mol. The molecule has 2 aliphatic heterocycles. The molecule has 1 unspecified atom stereocenters. The number of amides is 1. The quantitative estimate of drug-likeness (QED) is 0.535. The van der Waals surface area contributed by atoms with E-state index in [9.17, 15) is 18.0 Å². The number of carbonyl (C=O) groups excluding carboxylic acids is 2. The summed E-state index contributed by atoms with van der Waals surface area (Å²) in [7, 11) is -2.42. The summed E-state index contributed by atoms with van der Waals surface area (Å²) in [6.45, 7) is 0.309. The molecule has 174 valence electrons. The number of para-hydroxylation sites is 2. The van der Waals surface area contributed by atoms with Crippen molar-refractivity contribution in [2.24, 2.45) is 0 Å². The largest absolute Gasteiger partial charge is 0.475 e. The molecule has 0 radical (unpaired) electrons. The Kier molecular flexibility index (Phi) is 5.49. The van der Waals surface area contributed by atoms with E-state index in [1.807, 2.05) is 0 Å². The summed E-state index contributed by atoms with van der Waals surface area (Å²) < 4.78 is 38.2. The van der Waals surface area contributed by atoms with E-state index >= 15 is 0 Å². The zero-order valence-electron chi connectivity index (χ0n) is 18.4. The van der Waals surface area contributed by atoms with Gasteiger partial charge < -0.3 is 14.4 Å². The van der Waals surface area contributed by atoms with Gasteiger partial charge in [-0.3, -0.25) is 9.10 Å². The van der Waals surface area contributed by atoms with Gasteiger partial charge in [-0.25, -0.2) is 13.2 Å². The summed E-state index contributed by atoms with van der Waals surface area (Å²) >= 11 is 0. The summed E-state index contributed by atoms with van der Waals surface area (Å²) in [5, 5.41) is 0. The SMILES string of the molecule is COC(=O)C1CN(C(=O)c2ccc3c(c2)CCN3S(=O)(=O)c2ccccc2)c2ccccc2O1. The van der Waals surface area contributed by atoms with Gasteiger partial charge in [-0.1, -0.05) is 30.3 Å². The van der Waals surface area contributed by atoms with Gasteiger partial charge in [0, 0.05) is 12.1 Å². The first-order valence-corrected chi connectivity index (χ1v) is 12.2. The van der Waals surface area contributed by atoms with Crippen molar-refractivity contribution in [3.63, 3.8) is 0 Å². The number of hydrogen-bond donors (Lipinski definition) is 0. The molecule has 34 heavy (non-hydrogen) atoms. The number of rotatable bonds is 4. The lowest BCUT2D eigenvalue weighted by Crippen LogP contribution is -2.47. The van der Waals surface area contributed by atoms with Crippen molar-refractivity contribution in [1.82, 2.24) is 0 Å². The van der Waals surface area contributed by atoms with Gasteiger partial charge in [0.25, 0.3) is 15.9 Å². The molecule has 2 aliphatic rings. The highest BCUT2D eigenvalue weighted by Gasteiger charge is 2.36. The average molecular weight is 479 g/mol. The first kappa shape index (κ1) is 22.0. The Morgan fingerprint density at radius 2 is 1.71 bits per heavy atom. The van der Waals surface area contributed by atoms with E-state index in [-0.39, 0.29) is 17.3 Å². The molecule has 3 aromatic rings. The van der Waals surface area contributed by atoms with Crippen molar-refractivity contribution in [3.05, 3.63) is 83.9 Å². The Balaban J connectivity index is 1.46. The first-order valence-electron chi connectivity index (χ1n) is 10.8. The number of nitrogens with zero attached hydrogens (tertiary/aromatic N) is 2. The fraction of sp³-hybridized carbons (Fsp3) is 0.200. The number of hydrogen-bond acceptors (Lipinski definition) is 6. The van der Waals surface area contributed by atoms with Gasteiger partial charge in [-0.15, -0.1) is 0 Å². The highest BCUT2D eigenvalue weighted by molar-refractivity contribution is 7.92. The van der Waals surface area contributed by atoms with Crippen LogP contribution in [0.4, 0.5) is 11.4 Å². The second-order valence-electron chi connectivity index (χ2n) is 8.00. The minimum atomic E-state index is -3.70. The van der Waals surface area contributed by atoms with Crippen LogP contribution >= 0.6 is 0 Å². The fourth-order valence-electron chi connectivity index (χ4n) is 4.31. The molecule has 0 aromatic heterocycles. The number of methoxy groups -OCH3 is 1. The van der Waals surface area contributed by atoms with E-state index < -0.39 is 22.1 Å². The van der Waals surface area contributed by atoms with Crippen molar-refractivity contribution in [3.8, 4) is 5.75 Å². The van der Waals surface area contributed by atoms with Gasteiger partial charge in [-0.2, -0.15) is 0 Å². The predicted molar refractivity (Wildman–Crippen MR) is 126 cm³/mol. The number of carbonyl (C=O) groups is 2. The number of ether oxygens (including phenoxy) is 2. The maximum atomic E-state index is 13.5. The standard InChI is InChI=1S/C25H22N2O6S/c1-32-25(29)23-16-26(21-9-5-6-10-22(21)33-23)24(28)18-11-12-20-17(15-18)13-14-27(20)34(30,31)19-7-3-2-4-8-19/h2-12,15,23H,13-14,16H2,1H3. The second-order valence-corrected chi connectivity index (χ2v) is 9.86. The van der Waals surface area contributed by atoms with Crippen LogP contribution in [0.1, 0.15) is 15.9 Å². The molecule has 1 amide bonds. The maximum Gasteiger partial charge on any atom is 0.348 e. The summed E-state index contributed by atoms with van der Waals surface area (Å²) in [6.07, 6.45) is -0.447. The zero-order chi connectivity index (χ0) is 23.9. The van der Waals surface area contributed by atoms with Crippen molar-refractivity contribution in [2.45, 2.75) is 17.4 Å². The summed E-state index contributed by atoms with van der Waals surface area (Å²) in [5.74, 6) is -0.460. The molecule has 0 spiro atoms. The lowest BCUT2D eigenvalue weighted by molar-refractivity contribution is -0.148. The first-order chi connectivity index (χ1) is 16.4. The van der Waals surface area contributed by atoms with Crippen LogP contribution in [0.3, 0.4) is 0 Å². The zero-order valence-corrected chi connectivity index (χ0v) is 19.2. The Bertz CT molecular complexity index is 1370. The third-order valence-electron chi connectivity index (χ3n) is 5.99. The maximum absolute atomic E-state index is 13.5. The Morgan fingerprint density at radius 1 is 0.971 bits per heavy atom. The van der Waals surface area contributed by atoms with E-state index in [1.165, 1.54) is 16.3 Å². The van der Waals surface area contributed by atoms with Gasteiger partial charge in [0.05, 0.1) is 29.9 Å². The molecular weight excluding hydrogens is 456 g/mol. The van der Waals surface area contributed by atoms with Crippen LogP contribution in [-0.4, -0.2) is 46.6 Å². The molecule has 0 fully saturated rings. The molecule has 3 aromatic carbocycles. The summed E-state index contributed by atoms with van der Waals surface area (Å²) in [4.78, 5) is 27.4. The predicted octanol–water partition coefficient (Wildman–Crippen LogP) is 3.02. The van der Waals surface area contributed by atoms with E-state index in [2.05, 4.69) is 0 Å². The fourth-order valence-corrected chi connectivity index (χ4v) is 5.83. The highest BCUT2D eigenvalue weighted by Crippen LogP contribution is 2.37. The molecule has 0 aliphatic carbocycles. The van der Waals surface area contributed by atoms with Gasteiger partial charge in [-0.05, 0) is 54.4 Å². The van der Waals surface area contributed by atoms with E-state index in [4.69, 9.17) is 9.47 Å². The van der Waals surface area contributed by atoms with Crippen molar-refractivity contribution in [2.75, 3.05) is 29.4 Å². The smallest absolute Gasteiger partial charge is 0.348 e. The van der Waals surface area contributed by atoms with E-state index in [0.29, 0.717) is 35.7 Å². The van der Waals surface area contributed by atoms with Gasteiger partial charge in [0.15, 0.2) is 0 Å². The third-order valence-corrected chi connectivity index (χ3v) is 7.82. The molecule has 0 N–H and O–H groups in total. The molecule has 2 heterocycles. The van der Waals surface area contributed by atoms with Crippen molar-refractivity contribution >= 4 is 33.3 Å². The Morgan fingerprint density at radius 3 is 2.47 bits per heavy atom. The van der Waals surface area contributed by atoms with Crippen LogP contribution in [0.5, 0.6) is 5.75 Å². The van der Waals surface area contributed by atoms with Crippen LogP contribution in [0.15, 0.2) is 77.7 Å². The van der Waals surface area contributed by atoms with Crippen LogP contribution in [0.25, 0.3) is 0 Å². The lowest BCUT2D eigenvalue weighted by atomic mass is 10.1. The molecular formula is C25H22N2O6S. The van der Waals surface area contributed by atoms with Gasteiger partial charge in [0.1, 0.15) is 5.75 Å². The lowest BCUT2D eigenvalue weighted by Gasteiger charge is -2.33. The second kappa shape index (κ2) is 8.49. The number of benzene rings is 3. The highest BCUT2D eigenvalue weighted by atomic mass is 32.2. The summed E-state index contributed by atoms with van der Waals surface area (Å²) in [6, 6.07) is 20.3. The molecule has 5 rings (SSSR count). The Hall–Kier alpha value is -3.85. The van der Waals surface area contributed by atoms with Gasteiger partial charge in [0.2, 0.25) is 6.10 Å². The summed E-state index contributed by atoms with van der Waals surface area (Å²) in [5.41, 5.74) is 2.30. The minimum Gasteiger partial charge on any atom is -0.475 e. The Labute approximate surface area is 197 Å². The van der Waals surface area contributed by atoms with Crippen LogP contribution in [0.2, 0.25) is 0 Å². The molecule has 0 saturated heterocycles. The van der Waals surface area contributed by atoms with Crippen molar-refractivity contribution in [1.29, 1.82) is 0 Å². The topological polar surface area (TPSA) is 93.2 Å². The molecule has 8 nitrogen and oxygen atoms in total. The van der Waals surface area contributed by atoms with E-state index in [1.54, 1.807) is 72.8 Å².